The van der Waals surface area contributed by atoms with Crippen LogP contribution in [0, 0.1) is 0 Å². The molecule has 4 nitrogen and oxygen atoms in total. The van der Waals surface area contributed by atoms with Crippen molar-refractivity contribution in [2.24, 2.45) is 0 Å². The smallest absolute Gasteiger partial charge is 0.257 e. The molecule has 5 heteroatoms. The number of carbonyl (C=O) groups excluding carboxylic acids is 1. The van der Waals surface area contributed by atoms with Crippen molar-refractivity contribution < 1.29 is 4.79 Å². The molecule has 0 aliphatic carbocycles. The highest BCUT2D eigenvalue weighted by molar-refractivity contribution is 6.32. The molecule has 2 rings (SSSR count). The minimum Gasteiger partial charge on any atom is -0.382 e. The van der Waals surface area contributed by atoms with Crippen LogP contribution in [-0.4, -0.2) is 16.9 Å². The molecule has 1 aromatic carbocycles. The fourth-order valence-electron chi connectivity index (χ4n) is 1.79. The van der Waals surface area contributed by atoms with Crippen LogP contribution < -0.4 is 10.6 Å². The molecule has 2 aromatic rings. The maximum Gasteiger partial charge on any atom is 0.257 e. The molecule has 0 aliphatic rings. The van der Waals surface area contributed by atoms with Crippen molar-refractivity contribution in [3.63, 3.8) is 0 Å². The van der Waals surface area contributed by atoms with E-state index in [1.165, 1.54) is 0 Å². The highest BCUT2D eigenvalue weighted by atomic mass is 35.5. The second-order valence-corrected chi connectivity index (χ2v) is 5.00. The molecule has 1 amide bonds. The zero-order valence-electron chi connectivity index (χ0n) is 11.4. The molecular formula is C15H16ClN3O. The van der Waals surface area contributed by atoms with Crippen molar-refractivity contribution in [3.05, 3.63) is 53.3 Å². The molecular weight excluding hydrogens is 274 g/mol. The third-order valence-corrected chi connectivity index (χ3v) is 2.92. The predicted octanol–water partition coefficient (Wildman–Crippen LogP) is 3.81. The first-order valence-electron chi connectivity index (χ1n) is 6.35. The van der Waals surface area contributed by atoms with Crippen LogP contribution in [0.1, 0.15) is 24.2 Å². The lowest BCUT2D eigenvalue weighted by Crippen LogP contribution is -2.17. The van der Waals surface area contributed by atoms with Gasteiger partial charge in [-0.15, -0.1) is 0 Å². The van der Waals surface area contributed by atoms with Gasteiger partial charge in [0.2, 0.25) is 0 Å². The number of rotatable bonds is 4. The Kier molecular flexibility index (Phi) is 4.58. The van der Waals surface area contributed by atoms with Gasteiger partial charge >= 0.3 is 0 Å². The van der Waals surface area contributed by atoms with Gasteiger partial charge < -0.3 is 10.6 Å². The van der Waals surface area contributed by atoms with Crippen LogP contribution in [0.3, 0.4) is 0 Å². The third kappa shape index (κ3) is 3.48. The third-order valence-electron chi connectivity index (χ3n) is 2.62. The van der Waals surface area contributed by atoms with Gasteiger partial charge in [0.15, 0.2) is 5.15 Å². The molecule has 0 radical (unpaired) electrons. The normalized spacial score (nSPS) is 10.4. The molecule has 0 aliphatic heterocycles. The van der Waals surface area contributed by atoms with Crippen LogP contribution in [0.4, 0.5) is 11.4 Å². The number of carbonyl (C=O) groups is 1. The zero-order chi connectivity index (χ0) is 14.5. The van der Waals surface area contributed by atoms with E-state index in [0.717, 1.165) is 5.69 Å². The summed E-state index contributed by atoms with van der Waals surface area (Å²) in [5, 5.41) is 6.29. The fourth-order valence-corrected chi connectivity index (χ4v) is 1.95. The van der Waals surface area contributed by atoms with Gasteiger partial charge in [-0.1, -0.05) is 23.7 Å². The summed E-state index contributed by atoms with van der Waals surface area (Å²) in [6.45, 7) is 4.04. The lowest BCUT2D eigenvalue weighted by molar-refractivity contribution is 0.102. The van der Waals surface area contributed by atoms with Gasteiger partial charge in [-0.05, 0) is 38.1 Å². The average Bonchev–Trinajstić information content (AvgIpc) is 2.41. The Hall–Kier alpha value is -2.07. The number of aromatic nitrogens is 1. The SMILES string of the molecule is CC(C)Nc1ccccc1C(=O)Nc1cccnc1Cl. The maximum absolute atomic E-state index is 12.3. The maximum atomic E-state index is 12.3. The Balaban J connectivity index is 2.23. The molecule has 0 unspecified atom stereocenters. The lowest BCUT2D eigenvalue weighted by atomic mass is 10.1. The second kappa shape index (κ2) is 6.39. The fraction of sp³-hybridized carbons (Fsp3) is 0.200. The second-order valence-electron chi connectivity index (χ2n) is 4.64. The first-order valence-corrected chi connectivity index (χ1v) is 6.73. The van der Waals surface area contributed by atoms with E-state index in [1.807, 2.05) is 32.0 Å². The number of halogens is 1. The van der Waals surface area contributed by atoms with Crippen LogP contribution in [0.25, 0.3) is 0 Å². The number of pyridine rings is 1. The van der Waals surface area contributed by atoms with E-state index in [9.17, 15) is 4.79 Å². The van der Waals surface area contributed by atoms with Crippen LogP contribution in [-0.2, 0) is 0 Å². The van der Waals surface area contributed by atoms with Gasteiger partial charge in [0.25, 0.3) is 5.91 Å². The van der Waals surface area contributed by atoms with Crippen LogP contribution in [0.15, 0.2) is 42.6 Å². The highest BCUT2D eigenvalue weighted by Gasteiger charge is 2.13. The van der Waals surface area contributed by atoms with Gasteiger partial charge in [-0.25, -0.2) is 4.98 Å². The summed E-state index contributed by atoms with van der Waals surface area (Å²) in [4.78, 5) is 16.3. The molecule has 1 aromatic heterocycles. The van der Waals surface area contributed by atoms with Crippen molar-refractivity contribution >= 4 is 28.9 Å². The molecule has 0 bridgehead atoms. The number of nitrogens with zero attached hydrogens (tertiary/aromatic N) is 1. The summed E-state index contributed by atoms with van der Waals surface area (Å²) < 4.78 is 0. The zero-order valence-corrected chi connectivity index (χ0v) is 12.1. The summed E-state index contributed by atoms with van der Waals surface area (Å²) in [6.07, 6.45) is 1.58. The van der Waals surface area contributed by atoms with Gasteiger partial charge in [0, 0.05) is 17.9 Å². The topological polar surface area (TPSA) is 54.0 Å². The van der Waals surface area contributed by atoms with Gasteiger partial charge in [-0.3, -0.25) is 4.79 Å². The van der Waals surface area contributed by atoms with Gasteiger partial charge in [0.1, 0.15) is 0 Å². The Labute approximate surface area is 123 Å². The molecule has 20 heavy (non-hydrogen) atoms. The molecule has 0 saturated heterocycles. The molecule has 0 saturated carbocycles. The lowest BCUT2D eigenvalue weighted by Gasteiger charge is -2.14. The molecule has 2 N–H and O–H groups in total. The Bertz CT molecular complexity index is 614. The van der Waals surface area contributed by atoms with E-state index in [2.05, 4.69) is 15.6 Å². The van der Waals surface area contributed by atoms with E-state index in [4.69, 9.17) is 11.6 Å². The van der Waals surface area contributed by atoms with E-state index < -0.39 is 0 Å². The van der Waals surface area contributed by atoms with Crippen molar-refractivity contribution in [1.82, 2.24) is 4.98 Å². The molecule has 0 atom stereocenters. The highest BCUT2D eigenvalue weighted by Crippen LogP contribution is 2.21. The summed E-state index contributed by atoms with van der Waals surface area (Å²) in [6, 6.07) is 11.0. The quantitative estimate of drug-likeness (QED) is 0.842. The van der Waals surface area contributed by atoms with Gasteiger partial charge in [-0.2, -0.15) is 0 Å². The monoisotopic (exact) mass is 289 g/mol. The summed E-state index contributed by atoms with van der Waals surface area (Å²) in [7, 11) is 0. The summed E-state index contributed by atoms with van der Waals surface area (Å²) in [5.41, 5.74) is 1.86. The first kappa shape index (κ1) is 14.3. The average molecular weight is 290 g/mol. The van der Waals surface area contributed by atoms with Crippen molar-refractivity contribution in [3.8, 4) is 0 Å². The standard InChI is InChI=1S/C15H16ClN3O/c1-10(2)18-12-7-4-3-6-11(12)15(20)19-13-8-5-9-17-14(13)16/h3-10,18H,1-2H3,(H,19,20). The number of amides is 1. The van der Waals surface area contributed by atoms with Crippen molar-refractivity contribution in [2.75, 3.05) is 10.6 Å². The number of hydrogen-bond donors (Lipinski definition) is 2. The number of benzene rings is 1. The van der Waals surface area contributed by atoms with E-state index in [-0.39, 0.29) is 17.1 Å². The van der Waals surface area contributed by atoms with Crippen LogP contribution >= 0.6 is 11.6 Å². The molecule has 104 valence electrons. The first-order chi connectivity index (χ1) is 9.58. The number of anilines is 2. The number of nitrogens with one attached hydrogen (secondary N) is 2. The minimum absolute atomic E-state index is 0.219. The van der Waals surface area contributed by atoms with E-state index in [0.29, 0.717) is 11.3 Å². The summed E-state index contributed by atoms with van der Waals surface area (Å²) in [5.74, 6) is -0.219. The van der Waals surface area contributed by atoms with Gasteiger partial charge in [0.05, 0.1) is 11.3 Å². The Morgan fingerprint density at radius 3 is 2.55 bits per heavy atom. The molecule has 1 heterocycles. The number of para-hydroxylation sites is 1. The van der Waals surface area contributed by atoms with Crippen LogP contribution in [0.5, 0.6) is 0 Å². The summed E-state index contributed by atoms with van der Waals surface area (Å²) >= 11 is 5.94. The van der Waals surface area contributed by atoms with Crippen LogP contribution in [0.2, 0.25) is 5.15 Å². The van der Waals surface area contributed by atoms with Crippen molar-refractivity contribution in [1.29, 1.82) is 0 Å². The molecule has 0 fully saturated rings. The predicted molar refractivity (Wildman–Crippen MR) is 82.4 cm³/mol. The largest absolute Gasteiger partial charge is 0.382 e. The molecule has 0 spiro atoms. The van der Waals surface area contributed by atoms with E-state index >= 15 is 0 Å². The minimum atomic E-state index is -0.219. The van der Waals surface area contributed by atoms with E-state index in [1.54, 1.807) is 24.4 Å². The Morgan fingerprint density at radius 1 is 1.15 bits per heavy atom. The number of hydrogen-bond acceptors (Lipinski definition) is 3. The van der Waals surface area contributed by atoms with Crippen molar-refractivity contribution in [2.45, 2.75) is 19.9 Å². The Morgan fingerprint density at radius 2 is 1.85 bits per heavy atom.